The van der Waals surface area contributed by atoms with Gasteiger partial charge < -0.3 is 42.9 Å². The minimum absolute atomic E-state index is 0. The molecule has 0 aliphatic heterocycles. The van der Waals surface area contributed by atoms with E-state index >= 15 is 0 Å². The number of primary amides is 1. The third-order valence-electron chi connectivity index (χ3n) is 0.787. The Labute approximate surface area is 182 Å². The van der Waals surface area contributed by atoms with E-state index in [-0.39, 0.29) is 73.6 Å². The minimum atomic E-state index is -0.995. The van der Waals surface area contributed by atoms with Gasteiger partial charge in [0.1, 0.15) is 6.03 Å². The molecule has 0 unspecified atom stereocenters. The van der Waals surface area contributed by atoms with Crippen LogP contribution in [-0.4, -0.2) is 57.5 Å². The smallest absolute Gasteiger partial charge is 0.404 e. The number of hydrogen-bond acceptors (Lipinski definition) is 4. The van der Waals surface area contributed by atoms with E-state index in [1.54, 1.807) is 6.01 Å². The van der Waals surface area contributed by atoms with Crippen molar-refractivity contribution in [2.45, 2.75) is 0 Å². The Morgan fingerprint density at radius 2 is 1.21 bits per heavy atom. The Morgan fingerprint density at radius 3 is 1.21 bits per heavy atom. The van der Waals surface area contributed by atoms with E-state index < -0.39 is 18.2 Å². The zero-order valence-electron chi connectivity index (χ0n) is 13.7. The minimum Gasteiger partial charge on any atom is -0.465 e. The van der Waals surface area contributed by atoms with Gasteiger partial charge in [-0.15, -0.1) is 0 Å². The summed E-state index contributed by atoms with van der Waals surface area (Å²) < 4.78 is 0. The maximum atomic E-state index is 9.48. The predicted molar refractivity (Wildman–Crippen MR) is 71.2 cm³/mol. The predicted octanol–water partition coefficient (Wildman–Crippen LogP) is -0.102. The molecule has 0 aliphatic carbocycles. The first-order valence-corrected chi connectivity index (χ1v) is 4.52. The Hall–Kier alpha value is -1.00. The molecule has 0 aromatic rings. The van der Waals surface area contributed by atoms with Gasteiger partial charge >= 0.3 is 12.1 Å². The van der Waals surface area contributed by atoms with Crippen LogP contribution in [0.15, 0.2) is 4.99 Å². The fraction of sp³-hybridized carbons (Fsp3) is 0.500. The van der Waals surface area contributed by atoms with Gasteiger partial charge in [0.2, 0.25) is 0 Å². The number of nitrogens with zero attached hydrogens (tertiary/aromatic N) is 2. The van der Waals surface area contributed by atoms with Crippen LogP contribution in [-0.2, 0) is 61.3 Å². The number of rotatable bonds is 0. The van der Waals surface area contributed by atoms with E-state index in [9.17, 15) is 14.4 Å². The summed E-state index contributed by atoms with van der Waals surface area (Å²) in [6, 6.07) is 0.315. The second kappa shape index (κ2) is 57.4. The zero-order chi connectivity index (χ0) is 16.3. The largest absolute Gasteiger partial charge is 0.465 e. The maximum absolute atomic E-state index is 9.48. The number of aliphatic imine (C=N–C) groups is 1. The molecule has 3 radical (unpaired) electrons. The van der Waals surface area contributed by atoms with Crippen LogP contribution < -0.4 is 21.7 Å². The number of nitrogens with two attached hydrogens (primary N) is 1. The average molecular weight is 844 g/mol. The zero-order valence-corrected chi connectivity index (χ0v) is 21.8. The van der Waals surface area contributed by atoms with Gasteiger partial charge in [-0.1, -0.05) is 14.1 Å². The first-order chi connectivity index (χ1) is 8.72. The number of urea groups is 2. The van der Waals surface area contributed by atoms with Gasteiger partial charge in [-0.25, -0.2) is 9.59 Å². The van der Waals surface area contributed by atoms with Crippen molar-refractivity contribution in [2.75, 3.05) is 28.2 Å². The van der Waals surface area contributed by atoms with Crippen LogP contribution in [0.3, 0.4) is 0 Å². The number of amides is 5. The van der Waals surface area contributed by atoms with Crippen molar-refractivity contribution in [1.29, 1.82) is 0 Å². The SMILES string of the molecule is CN=C=[N-].CNC(=O)O.CNC(N)=O.CNC([NH-])=O.[He].[He].[Re].[Re].[Re]. The molecule has 0 rings (SSSR count). The van der Waals surface area contributed by atoms with Crippen LogP contribution in [0, 0.1) is 12.3 Å². The monoisotopic (exact) mass is 846 g/mol. The van der Waals surface area contributed by atoms with E-state index in [2.05, 4.69) is 21.4 Å². The van der Waals surface area contributed by atoms with E-state index in [1.165, 1.54) is 28.2 Å². The molecule has 0 heterocycles. The molecule has 0 fully saturated rings. The first-order valence-electron chi connectivity index (χ1n) is 4.52. The van der Waals surface area contributed by atoms with Crippen LogP contribution in [0.1, 0.15) is 0 Å². The molecule has 0 atom stereocenters. The molecule has 0 aromatic carbocycles. The van der Waals surface area contributed by atoms with Crippen molar-refractivity contribution < 1.29 is 93.1 Å². The third kappa shape index (κ3) is 234. The molecule has 0 aromatic heterocycles. The number of nitrogens with one attached hydrogen (secondary N) is 4. The van der Waals surface area contributed by atoms with Gasteiger partial charge in [-0.05, 0) is 0 Å². The van der Waals surface area contributed by atoms with Crippen molar-refractivity contribution in [3.05, 3.63) is 11.1 Å². The molecule has 0 saturated heterocycles. The summed E-state index contributed by atoms with van der Waals surface area (Å²) >= 11 is 0. The summed E-state index contributed by atoms with van der Waals surface area (Å²) in [5.74, 6) is 0. The molecule has 137 valence electrons. The standard InChI is InChI=1S/2C2H6N2O.C2H3N2.C2H5NO2.2He.3Re/c2*1-4-2(3)5;1-4-2-3;1-3-2(4)5;;;;;/h2*1H3,(H3,3,4,5);1H3;3H,1H3,(H,4,5);;;;;/q;;-1;;;;;;/p-1. The summed E-state index contributed by atoms with van der Waals surface area (Å²) in [6.45, 7) is 0. The molecular weight excluding hydrogens is 825 g/mol. The quantitative estimate of drug-likeness (QED) is 0.213. The van der Waals surface area contributed by atoms with Crippen LogP contribution in [0.2, 0.25) is 0 Å². The summed E-state index contributed by atoms with van der Waals surface area (Å²) in [7, 11) is 5.68. The Morgan fingerprint density at radius 1 is 1.04 bits per heavy atom. The van der Waals surface area contributed by atoms with Gasteiger partial charge in [-0.3, -0.25) is 4.79 Å². The van der Waals surface area contributed by atoms with Crippen molar-refractivity contribution >= 4 is 24.2 Å². The second-order valence-corrected chi connectivity index (χ2v) is 2.07. The molecule has 16 heteroatoms. The van der Waals surface area contributed by atoms with Gasteiger partial charge in [0.05, 0.1) is 0 Å². The number of carbonyl (C=O) groups excluding carboxylic acids is 2. The van der Waals surface area contributed by atoms with Crippen LogP contribution in [0.5, 0.6) is 0 Å². The number of hydrogen-bond donors (Lipinski definition) is 5. The number of carboxylic acid groups (broad SMARTS) is 1. The third-order valence-corrected chi connectivity index (χ3v) is 0.787. The molecule has 0 bridgehead atoms. The van der Waals surface area contributed by atoms with Crippen molar-refractivity contribution in [3.63, 3.8) is 0 Å². The van der Waals surface area contributed by atoms with Gasteiger partial charge in [-0.2, -0.15) is 6.01 Å². The van der Waals surface area contributed by atoms with Gasteiger partial charge in [0.25, 0.3) is 0 Å². The van der Waals surface area contributed by atoms with Gasteiger partial charge in [0.15, 0.2) is 0 Å². The summed E-state index contributed by atoms with van der Waals surface area (Å²) in [4.78, 5) is 31.1. The van der Waals surface area contributed by atoms with E-state index in [0.717, 1.165) is 0 Å². The summed E-state index contributed by atoms with van der Waals surface area (Å²) in [5.41, 5.74) is 10.6. The van der Waals surface area contributed by atoms with Gasteiger partial charge in [0, 0.05) is 87.7 Å². The van der Waals surface area contributed by atoms with Crippen molar-refractivity contribution in [2.24, 2.45) is 10.7 Å². The maximum Gasteiger partial charge on any atom is 0.404 e. The average Bonchev–Trinajstić information content (AvgIpc) is 2.40. The molecular formula is C8H19He2N7O4Re3-2. The first kappa shape index (κ1) is 56.8. The molecule has 24 heavy (non-hydrogen) atoms. The molecule has 11 nitrogen and oxygen atoms in total. The number of carbonyl (C=O) groups is 3. The second-order valence-electron chi connectivity index (χ2n) is 2.07. The van der Waals surface area contributed by atoms with Crippen LogP contribution in [0.25, 0.3) is 11.1 Å². The van der Waals surface area contributed by atoms with E-state index in [4.69, 9.17) is 16.2 Å². The topological polar surface area (TPSA) is 192 Å². The Balaban J connectivity index is -0.0000000167. The van der Waals surface area contributed by atoms with Crippen LogP contribution in [0.4, 0.5) is 14.4 Å². The summed E-state index contributed by atoms with van der Waals surface area (Å²) in [6.07, 6.45) is -0.995. The molecule has 7 N–H and O–H groups in total. The van der Waals surface area contributed by atoms with Crippen molar-refractivity contribution in [3.8, 4) is 0 Å². The van der Waals surface area contributed by atoms with Crippen molar-refractivity contribution in [1.82, 2.24) is 16.0 Å². The van der Waals surface area contributed by atoms with E-state index in [1.807, 2.05) is 5.32 Å². The molecule has 0 saturated carbocycles. The molecule has 0 spiro atoms. The molecule has 5 amide bonds. The Kier molecular flexibility index (Phi) is 136. The molecule has 0 aliphatic rings. The fourth-order valence-corrected chi connectivity index (χ4v) is 0. The fourth-order valence-electron chi connectivity index (χ4n) is 0. The Bertz CT molecular complexity index is 278. The normalized spacial score (nSPS) is 4.83. The summed E-state index contributed by atoms with van der Waals surface area (Å²) in [5, 5.41) is 21.2. The van der Waals surface area contributed by atoms with Crippen LogP contribution >= 0.6 is 0 Å². The van der Waals surface area contributed by atoms with E-state index in [0.29, 0.717) is 0 Å².